The van der Waals surface area contributed by atoms with E-state index in [0.717, 1.165) is 30.0 Å². The number of ether oxygens (including phenoxy) is 2. The number of hydrogen-bond donors (Lipinski definition) is 6. The minimum absolute atomic E-state index is 0. The topological polar surface area (TPSA) is 177 Å². The highest BCUT2D eigenvalue weighted by Gasteiger charge is 2.64. The first-order valence-corrected chi connectivity index (χ1v) is 10.2. The fourth-order valence-electron chi connectivity index (χ4n) is 4.26. The van der Waals surface area contributed by atoms with E-state index in [9.17, 15) is 30.3 Å². The number of aromatic nitrogens is 1. The molecule has 1 saturated heterocycles. The van der Waals surface area contributed by atoms with Crippen LogP contribution in [0.1, 0.15) is 32.1 Å². The predicted molar refractivity (Wildman–Crippen MR) is 109 cm³/mol. The average Bonchev–Trinajstić information content (AvgIpc) is 3.07. The second kappa shape index (κ2) is 8.55. The van der Waals surface area contributed by atoms with E-state index in [2.05, 4.69) is 0 Å². The molecule has 0 radical (unpaired) electrons. The summed E-state index contributed by atoms with van der Waals surface area (Å²) >= 11 is 5.78. The number of para-hydroxylation sites is 1. The first kappa shape index (κ1) is 23.7. The molecule has 1 saturated carbocycles. The Labute approximate surface area is 183 Å². The Bertz CT molecular complexity index is 944. The minimum atomic E-state index is -2.84. The predicted octanol–water partition coefficient (Wildman–Crippen LogP) is 1.04. The lowest BCUT2D eigenvalue weighted by molar-refractivity contribution is -0.354. The van der Waals surface area contributed by atoms with Gasteiger partial charge in [-0.3, -0.25) is 0 Å². The van der Waals surface area contributed by atoms with Crippen molar-refractivity contribution in [3.05, 3.63) is 30.5 Å². The van der Waals surface area contributed by atoms with E-state index >= 15 is 0 Å². The van der Waals surface area contributed by atoms with E-state index in [-0.39, 0.29) is 17.4 Å². The number of halogens is 1. The normalized spacial score (nSPS) is 34.3. The lowest BCUT2D eigenvalue weighted by atomic mass is 9.90. The van der Waals surface area contributed by atoms with Crippen LogP contribution in [-0.4, -0.2) is 65.7 Å². The smallest absolute Gasteiger partial charge is 0.340 e. The van der Waals surface area contributed by atoms with Crippen LogP contribution in [-0.2, 0) is 20.0 Å². The molecule has 11 heteroatoms. The fourth-order valence-corrected chi connectivity index (χ4v) is 4.47. The van der Waals surface area contributed by atoms with Crippen LogP contribution in [0, 0.1) is 0 Å². The molecule has 0 amide bonds. The summed E-state index contributed by atoms with van der Waals surface area (Å²) in [5.74, 6) is -1.28. The lowest BCUT2D eigenvalue weighted by Crippen LogP contribution is -2.71. The largest absolute Gasteiger partial charge is 0.506 e. The van der Waals surface area contributed by atoms with Gasteiger partial charge in [0.05, 0.1) is 5.52 Å². The van der Waals surface area contributed by atoms with Gasteiger partial charge in [-0.15, -0.1) is 0 Å². The molecule has 0 unspecified atom stereocenters. The van der Waals surface area contributed by atoms with Crippen LogP contribution >= 0.6 is 11.6 Å². The molecule has 1 aliphatic heterocycles. The van der Waals surface area contributed by atoms with Crippen LogP contribution < -0.4 is 6.15 Å². The maximum atomic E-state index is 13.0. The molecule has 2 heterocycles. The van der Waals surface area contributed by atoms with Gasteiger partial charge in [0, 0.05) is 11.6 Å². The van der Waals surface area contributed by atoms with Crippen LogP contribution in [0.3, 0.4) is 0 Å². The summed E-state index contributed by atoms with van der Waals surface area (Å²) < 4.78 is 11.7. The van der Waals surface area contributed by atoms with E-state index in [0.29, 0.717) is 18.2 Å². The quantitative estimate of drug-likeness (QED) is 0.289. The van der Waals surface area contributed by atoms with E-state index in [4.69, 9.17) is 21.1 Å². The summed E-state index contributed by atoms with van der Waals surface area (Å²) in [5.41, 5.74) is -2.38. The van der Waals surface area contributed by atoms with Crippen LogP contribution in [0.4, 0.5) is 0 Å². The monoisotopic (exact) mass is 458 g/mol. The van der Waals surface area contributed by atoms with Gasteiger partial charge in [-0.05, 0) is 37.8 Å². The number of esters is 1. The van der Waals surface area contributed by atoms with E-state index in [1.165, 1.54) is 6.07 Å². The molecule has 172 valence electrons. The Balaban J connectivity index is 0.00000272. The molecule has 31 heavy (non-hydrogen) atoms. The van der Waals surface area contributed by atoms with Gasteiger partial charge in [-0.1, -0.05) is 30.2 Å². The van der Waals surface area contributed by atoms with Gasteiger partial charge in [0.1, 0.15) is 18.0 Å². The van der Waals surface area contributed by atoms with Crippen LogP contribution in [0.15, 0.2) is 30.5 Å². The second-order valence-electron chi connectivity index (χ2n) is 7.88. The van der Waals surface area contributed by atoms with Gasteiger partial charge in [0.25, 0.3) is 5.25 Å². The van der Waals surface area contributed by atoms with Crippen LogP contribution in [0.25, 0.3) is 10.9 Å². The van der Waals surface area contributed by atoms with Crippen LogP contribution in [0.2, 0.25) is 0 Å². The van der Waals surface area contributed by atoms with E-state index in [1.54, 1.807) is 18.2 Å². The molecule has 10 nitrogen and oxygen atoms in total. The second-order valence-corrected chi connectivity index (χ2v) is 8.42. The summed E-state index contributed by atoms with van der Waals surface area (Å²) in [4.78, 5) is 13.0. The molecule has 1 aliphatic carbocycles. The molecular formula is C20H27ClN2O8. The summed E-state index contributed by atoms with van der Waals surface area (Å²) in [5, 5.41) is 50.5. The Morgan fingerprint density at radius 3 is 2.45 bits per heavy atom. The lowest BCUT2D eigenvalue weighted by Gasteiger charge is -2.49. The first-order valence-electron chi connectivity index (χ1n) is 9.84. The molecule has 1 aromatic carbocycles. The third-order valence-electron chi connectivity index (χ3n) is 5.89. The molecule has 2 aliphatic rings. The molecule has 8 N–H and O–H groups in total. The van der Waals surface area contributed by atoms with Crippen molar-refractivity contribution in [3.8, 4) is 5.75 Å². The number of benzene rings is 1. The summed E-state index contributed by atoms with van der Waals surface area (Å²) in [6.07, 6.45) is -1.56. The highest BCUT2D eigenvalue weighted by atomic mass is 35.5. The van der Waals surface area contributed by atoms with Crippen molar-refractivity contribution in [3.63, 3.8) is 0 Å². The van der Waals surface area contributed by atoms with Crippen molar-refractivity contribution in [1.29, 1.82) is 0 Å². The van der Waals surface area contributed by atoms with Gasteiger partial charge in [0.2, 0.25) is 11.8 Å². The number of nitrogens with zero attached hydrogens (tertiary/aromatic N) is 1. The number of carbonyl (C=O) groups is 1. The van der Waals surface area contributed by atoms with Crippen molar-refractivity contribution in [2.75, 3.05) is 0 Å². The van der Waals surface area contributed by atoms with Crippen LogP contribution in [0.5, 0.6) is 5.75 Å². The zero-order chi connectivity index (χ0) is 21.7. The number of carbonyl (C=O) groups excluding carboxylic acids is 1. The maximum absolute atomic E-state index is 13.0. The van der Waals surface area contributed by atoms with Gasteiger partial charge in [-0.2, -0.15) is 0 Å². The van der Waals surface area contributed by atoms with Crippen molar-refractivity contribution in [2.24, 2.45) is 0 Å². The Morgan fingerprint density at radius 1 is 1.13 bits per heavy atom. The third-order valence-corrected chi connectivity index (χ3v) is 6.21. The molecule has 5 atom stereocenters. The zero-order valence-electron chi connectivity index (χ0n) is 16.7. The number of rotatable bonds is 3. The number of aliphatic hydroxyl groups excluding tert-OH is 2. The van der Waals surface area contributed by atoms with Gasteiger partial charge < -0.3 is 45.7 Å². The molecule has 2 aromatic rings. The standard InChI is InChI=1S/C20H24ClNO8.H3N/c21-20(28)16(25)15(24)19(27,22-10-14(23)12-8-4-5-9-13(12)22)17(30-20)18(26)29-11-6-2-1-3-7-11;/h4-5,8-11,15-17,23-25,27-28H,1-3,6-7H2;1H3/t15-,16-,17-,19+,20+;/m1./s1. The Kier molecular flexibility index (Phi) is 6.55. The molecule has 1 aromatic heterocycles. The minimum Gasteiger partial charge on any atom is -0.506 e. The summed E-state index contributed by atoms with van der Waals surface area (Å²) in [6, 6.07) is 6.40. The van der Waals surface area contributed by atoms with Crippen molar-refractivity contribution in [2.45, 2.75) is 67.5 Å². The SMILES string of the molecule is N.O=C(OC1CCCCC1)[C@H]1O[C@](O)(Cl)[C@H](O)[C@@H](O)[C@@]1(O)n1cc(O)c2ccccc21. The van der Waals surface area contributed by atoms with Crippen molar-refractivity contribution < 1.29 is 39.8 Å². The van der Waals surface area contributed by atoms with Crippen molar-refractivity contribution >= 4 is 28.5 Å². The third kappa shape index (κ3) is 3.89. The van der Waals surface area contributed by atoms with Gasteiger partial charge >= 0.3 is 5.97 Å². The maximum Gasteiger partial charge on any atom is 0.340 e. The van der Waals surface area contributed by atoms with Gasteiger partial charge in [-0.25, -0.2) is 4.79 Å². The molecule has 4 rings (SSSR count). The number of hydrogen-bond acceptors (Lipinski definition) is 9. The number of alkyl halides is 1. The average molecular weight is 459 g/mol. The number of aliphatic hydroxyl groups is 4. The number of aromatic hydroxyl groups is 1. The first-order chi connectivity index (χ1) is 14.2. The summed E-state index contributed by atoms with van der Waals surface area (Å²) in [6.45, 7) is 0. The molecule has 0 spiro atoms. The highest BCUT2D eigenvalue weighted by Crippen LogP contribution is 2.43. The van der Waals surface area contributed by atoms with Gasteiger partial charge in [0.15, 0.2) is 6.10 Å². The highest BCUT2D eigenvalue weighted by molar-refractivity contribution is 6.22. The fraction of sp³-hybridized carbons (Fsp3) is 0.550. The number of fused-ring (bicyclic) bond motifs is 1. The Morgan fingerprint density at radius 2 is 1.77 bits per heavy atom. The molecule has 2 fully saturated rings. The van der Waals surface area contributed by atoms with E-state index < -0.39 is 41.4 Å². The van der Waals surface area contributed by atoms with Crippen molar-refractivity contribution in [1.82, 2.24) is 10.7 Å². The van der Waals surface area contributed by atoms with E-state index in [1.807, 2.05) is 0 Å². The molecule has 0 bridgehead atoms. The zero-order valence-corrected chi connectivity index (χ0v) is 17.5. The summed E-state index contributed by atoms with van der Waals surface area (Å²) in [7, 11) is 0. The Hall–Kier alpha value is -1.92. The molecular weight excluding hydrogens is 432 g/mol.